The molecular formula is C13H21N3O. The lowest BCUT2D eigenvalue weighted by Crippen LogP contribution is -2.35. The van der Waals surface area contributed by atoms with E-state index in [2.05, 4.69) is 36.1 Å². The molecule has 1 saturated carbocycles. The van der Waals surface area contributed by atoms with E-state index in [0.29, 0.717) is 12.0 Å². The summed E-state index contributed by atoms with van der Waals surface area (Å²) in [4.78, 5) is 8.62. The number of hydrogen-bond acceptors (Lipinski definition) is 4. The molecule has 0 radical (unpaired) electrons. The zero-order valence-corrected chi connectivity index (χ0v) is 10.9. The van der Waals surface area contributed by atoms with E-state index in [1.807, 2.05) is 0 Å². The summed E-state index contributed by atoms with van der Waals surface area (Å²) in [6, 6.07) is 0. The fourth-order valence-electron chi connectivity index (χ4n) is 1.51. The van der Waals surface area contributed by atoms with Crippen molar-refractivity contribution >= 4 is 0 Å². The third-order valence-electron chi connectivity index (χ3n) is 2.82. The number of hydrogen-bond donors (Lipinski definition) is 1. The van der Waals surface area contributed by atoms with E-state index in [1.165, 1.54) is 6.42 Å². The highest BCUT2D eigenvalue weighted by molar-refractivity contribution is 5.08. The van der Waals surface area contributed by atoms with Gasteiger partial charge < -0.3 is 10.1 Å². The number of aromatic nitrogens is 2. The normalized spacial score (nSPS) is 16.6. The van der Waals surface area contributed by atoms with Gasteiger partial charge in [0, 0.05) is 12.1 Å². The average molecular weight is 235 g/mol. The van der Waals surface area contributed by atoms with Crippen LogP contribution in [-0.4, -0.2) is 21.6 Å². The monoisotopic (exact) mass is 235 g/mol. The highest BCUT2D eigenvalue weighted by atomic mass is 16.5. The van der Waals surface area contributed by atoms with Gasteiger partial charge >= 0.3 is 0 Å². The number of ether oxygens (including phenoxy) is 1. The maximum Gasteiger partial charge on any atom is 0.232 e. The minimum absolute atomic E-state index is 0.1000. The van der Waals surface area contributed by atoms with Crippen LogP contribution < -0.4 is 10.1 Å². The molecule has 4 heteroatoms. The van der Waals surface area contributed by atoms with Gasteiger partial charge in [-0.05, 0) is 40.0 Å². The zero-order valence-electron chi connectivity index (χ0n) is 10.9. The Morgan fingerprint density at radius 2 is 2.06 bits per heavy atom. The largest absolute Gasteiger partial charge is 0.473 e. The SMILES string of the molecule is CC(C)(C)NCc1cnc(OC2CCC2)cn1. The molecule has 1 heterocycles. The first-order valence-corrected chi connectivity index (χ1v) is 6.25. The van der Waals surface area contributed by atoms with Crippen molar-refractivity contribution in [2.45, 2.75) is 58.2 Å². The maximum atomic E-state index is 5.66. The molecular weight excluding hydrogens is 214 g/mol. The molecule has 1 aliphatic carbocycles. The molecule has 0 unspecified atom stereocenters. The number of rotatable bonds is 4. The molecule has 1 aliphatic rings. The third-order valence-corrected chi connectivity index (χ3v) is 2.82. The Morgan fingerprint density at radius 3 is 2.53 bits per heavy atom. The van der Waals surface area contributed by atoms with Crippen molar-refractivity contribution in [3.8, 4) is 5.88 Å². The maximum absolute atomic E-state index is 5.66. The second-order valence-electron chi connectivity index (χ2n) is 5.62. The quantitative estimate of drug-likeness (QED) is 0.870. The number of nitrogens with zero attached hydrogens (tertiary/aromatic N) is 2. The summed E-state index contributed by atoms with van der Waals surface area (Å²) in [5.74, 6) is 0.647. The Balaban J connectivity index is 1.84. The fourth-order valence-corrected chi connectivity index (χ4v) is 1.51. The van der Waals surface area contributed by atoms with E-state index in [4.69, 9.17) is 4.74 Å². The van der Waals surface area contributed by atoms with Gasteiger partial charge in [0.1, 0.15) is 6.10 Å². The highest BCUT2D eigenvalue weighted by Gasteiger charge is 2.19. The summed E-state index contributed by atoms with van der Waals surface area (Å²) >= 11 is 0. The molecule has 0 aromatic carbocycles. The van der Waals surface area contributed by atoms with Gasteiger partial charge in [-0.1, -0.05) is 0 Å². The summed E-state index contributed by atoms with van der Waals surface area (Å²) in [5, 5.41) is 3.38. The van der Waals surface area contributed by atoms with E-state index in [-0.39, 0.29) is 5.54 Å². The van der Waals surface area contributed by atoms with Crippen molar-refractivity contribution < 1.29 is 4.74 Å². The fraction of sp³-hybridized carbons (Fsp3) is 0.692. The minimum atomic E-state index is 0.1000. The van der Waals surface area contributed by atoms with Crippen molar-refractivity contribution in [3.63, 3.8) is 0 Å². The van der Waals surface area contributed by atoms with Crippen molar-refractivity contribution in [1.29, 1.82) is 0 Å². The lowest BCUT2D eigenvalue weighted by molar-refractivity contribution is 0.114. The van der Waals surface area contributed by atoms with Crippen molar-refractivity contribution in [3.05, 3.63) is 18.1 Å². The highest BCUT2D eigenvalue weighted by Crippen LogP contribution is 2.23. The molecule has 1 fully saturated rings. The van der Waals surface area contributed by atoms with E-state index in [9.17, 15) is 0 Å². The summed E-state index contributed by atoms with van der Waals surface area (Å²) in [6.07, 6.45) is 7.43. The first kappa shape index (κ1) is 12.3. The average Bonchev–Trinajstić information content (AvgIpc) is 2.21. The summed E-state index contributed by atoms with van der Waals surface area (Å²) in [5.41, 5.74) is 1.05. The van der Waals surface area contributed by atoms with Gasteiger partial charge in [-0.25, -0.2) is 4.98 Å². The van der Waals surface area contributed by atoms with Crippen LogP contribution in [0.1, 0.15) is 45.7 Å². The van der Waals surface area contributed by atoms with Gasteiger partial charge in [0.25, 0.3) is 0 Å². The van der Waals surface area contributed by atoms with Crippen LogP contribution in [0.15, 0.2) is 12.4 Å². The molecule has 1 aromatic rings. The molecule has 2 rings (SSSR count). The van der Waals surface area contributed by atoms with Gasteiger partial charge in [0.05, 0.1) is 18.1 Å². The lowest BCUT2D eigenvalue weighted by Gasteiger charge is -2.25. The predicted octanol–water partition coefficient (Wildman–Crippen LogP) is 2.30. The lowest BCUT2D eigenvalue weighted by atomic mass is 9.96. The Labute approximate surface area is 103 Å². The Morgan fingerprint density at radius 1 is 1.29 bits per heavy atom. The Kier molecular flexibility index (Phi) is 3.62. The van der Waals surface area contributed by atoms with Crippen LogP contribution in [0.5, 0.6) is 5.88 Å². The Bertz CT molecular complexity index is 352. The standard InChI is InChI=1S/C13H21N3O/c1-13(2,3)16-8-10-7-15-12(9-14-10)17-11-5-4-6-11/h7,9,11,16H,4-6,8H2,1-3H3. The van der Waals surface area contributed by atoms with E-state index >= 15 is 0 Å². The molecule has 0 bridgehead atoms. The van der Waals surface area contributed by atoms with Crippen LogP contribution in [0.2, 0.25) is 0 Å². The second kappa shape index (κ2) is 5.00. The van der Waals surface area contributed by atoms with Gasteiger partial charge in [-0.15, -0.1) is 0 Å². The molecule has 1 aromatic heterocycles. The summed E-state index contributed by atoms with van der Waals surface area (Å²) in [7, 11) is 0. The van der Waals surface area contributed by atoms with Crippen molar-refractivity contribution in [2.24, 2.45) is 0 Å². The van der Waals surface area contributed by atoms with E-state index in [0.717, 1.165) is 25.1 Å². The number of nitrogens with one attached hydrogen (secondary N) is 1. The van der Waals surface area contributed by atoms with E-state index < -0.39 is 0 Å². The minimum Gasteiger partial charge on any atom is -0.473 e. The van der Waals surface area contributed by atoms with Crippen molar-refractivity contribution in [2.75, 3.05) is 0 Å². The molecule has 0 amide bonds. The van der Waals surface area contributed by atoms with E-state index in [1.54, 1.807) is 12.4 Å². The third kappa shape index (κ3) is 3.97. The molecule has 0 spiro atoms. The van der Waals surface area contributed by atoms with Crippen LogP contribution in [0.3, 0.4) is 0 Å². The van der Waals surface area contributed by atoms with Crippen LogP contribution >= 0.6 is 0 Å². The smallest absolute Gasteiger partial charge is 0.232 e. The van der Waals surface area contributed by atoms with Gasteiger partial charge in [0.2, 0.25) is 5.88 Å². The first-order chi connectivity index (χ1) is 8.03. The second-order valence-corrected chi connectivity index (χ2v) is 5.62. The van der Waals surface area contributed by atoms with Crippen molar-refractivity contribution in [1.82, 2.24) is 15.3 Å². The molecule has 4 nitrogen and oxygen atoms in total. The summed E-state index contributed by atoms with van der Waals surface area (Å²) in [6.45, 7) is 7.14. The molecule has 0 aliphatic heterocycles. The first-order valence-electron chi connectivity index (χ1n) is 6.25. The molecule has 17 heavy (non-hydrogen) atoms. The zero-order chi connectivity index (χ0) is 12.3. The van der Waals surface area contributed by atoms with Crippen LogP contribution in [-0.2, 0) is 6.54 Å². The van der Waals surface area contributed by atoms with Gasteiger partial charge in [-0.2, -0.15) is 0 Å². The van der Waals surface area contributed by atoms with Crippen LogP contribution in [0, 0.1) is 0 Å². The molecule has 94 valence electrons. The topological polar surface area (TPSA) is 47.0 Å². The van der Waals surface area contributed by atoms with Gasteiger partial charge in [-0.3, -0.25) is 4.98 Å². The molecule has 0 saturated heterocycles. The van der Waals surface area contributed by atoms with Gasteiger partial charge in [0.15, 0.2) is 0 Å². The van der Waals surface area contributed by atoms with Crippen LogP contribution in [0.4, 0.5) is 0 Å². The molecule has 1 N–H and O–H groups in total. The van der Waals surface area contributed by atoms with Crippen LogP contribution in [0.25, 0.3) is 0 Å². The summed E-state index contributed by atoms with van der Waals surface area (Å²) < 4.78 is 5.66. The predicted molar refractivity (Wildman–Crippen MR) is 66.9 cm³/mol. The molecule has 0 atom stereocenters. The Hall–Kier alpha value is -1.16.